The maximum atomic E-state index is 14.1. The van der Waals surface area contributed by atoms with E-state index in [0.29, 0.717) is 24.3 Å². The molecule has 5 rings (SSSR count). The number of nitrogens with zero attached hydrogens (tertiary/aromatic N) is 1. The topological polar surface area (TPSA) is 120 Å². The first-order chi connectivity index (χ1) is 19.5. The van der Waals surface area contributed by atoms with Crippen molar-refractivity contribution in [1.29, 1.82) is 5.26 Å². The summed E-state index contributed by atoms with van der Waals surface area (Å²) < 4.78 is 33.8. The second kappa shape index (κ2) is 11.7. The molecule has 1 aromatic carbocycles. The Morgan fingerprint density at radius 1 is 1.15 bits per heavy atom. The summed E-state index contributed by atoms with van der Waals surface area (Å²) in [4.78, 5) is 38.8. The SMILES string of the molecule is N#C[C@H](CC1CC2(CC2)NC1=O)NC(=O)[C@@H](NC(=O)OCC1(Cc2cccc(Cl)c2)CC1)C1CCCC(F)(F)CC1. The molecule has 3 N–H and O–H groups in total. The number of halogens is 3. The first-order valence-corrected chi connectivity index (χ1v) is 14.9. The Balaban J connectivity index is 1.21. The molecule has 3 aliphatic carbocycles. The Hall–Kier alpha value is -2.93. The van der Waals surface area contributed by atoms with Crippen LogP contribution in [0.5, 0.6) is 0 Å². The summed E-state index contributed by atoms with van der Waals surface area (Å²) in [5.41, 5.74) is 0.690. The van der Waals surface area contributed by atoms with Gasteiger partial charge >= 0.3 is 6.09 Å². The van der Waals surface area contributed by atoms with Crippen LogP contribution in [-0.2, 0) is 20.7 Å². The van der Waals surface area contributed by atoms with Crippen LogP contribution in [0.4, 0.5) is 13.6 Å². The van der Waals surface area contributed by atoms with Crippen LogP contribution in [0.1, 0.15) is 76.2 Å². The van der Waals surface area contributed by atoms with E-state index in [2.05, 4.69) is 22.0 Å². The van der Waals surface area contributed by atoms with Crippen molar-refractivity contribution in [3.63, 3.8) is 0 Å². The van der Waals surface area contributed by atoms with Gasteiger partial charge in [-0.05, 0) is 87.8 Å². The number of ether oxygens (including phenoxy) is 1. The van der Waals surface area contributed by atoms with Gasteiger partial charge in [0.25, 0.3) is 0 Å². The number of hydrogen-bond donors (Lipinski definition) is 3. The van der Waals surface area contributed by atoms with Crippen molar-refractivity contribution >= 4 is 29.5 Å². The lowest BCUT2D eigenvalue weighted by Gasteiger charge is -2.28. The quantitative estimate of drug-likeness (QED) is 0.330. The molecule has 1 saturated heterocycles. The minimum Gasteiger partial charge on any atom is -0.449 e. The van der Waals surface area contributed by atoms with Gasteiger partial charge in [0.2, 0.25) is 17.7 Å². The van der Waals surface area contributed by atoms with Gasteiger partial charge < -0.3 is 20.7 Å². The number of alkyl carbamates (subject to hydrolysis) is 1. The molecule has 11 heteroatoms. The molecule has 41 heavy (non-hydrogen) atoms. The molecule has 0 bridgehead atoms. The van der Waals surface area contributed by atoms with Crippen molar-refractivity contribution in [2.45, 2.75) is 101 Å². The monoisotopic (exact) mass is 590 g/mol. The predicted molar refractivity (Wildman–Crippen MR) is 147 cm³/mol. The lowest BCUT2D eigenvalue weighted by Crippen LogP contribution is -2.53. The van der Waals surface area contributed by atoms with E-state index in [-0.39, 0.29) is 61.5 Å². The highest BCUT2D eigenvalue weighted by atomic mass is 35.5. The lowest BCUT2D eigenvalue weighted by molar-refractivity contribution is -0.126. The number of rotatable bonds is 10. The van der Waals surface area contributed by atoms with E-state index in [9.17, 15) is 28.4 Å². The van der Waals surface area contributed by atoms with Crippen LogP contribution < -0.4 is 16.0 Å². The van der Waals surface area contributed by atoms with E-state index < -0.39 is 35.9 Å². The molecular formula is C30H37ClF2N4O4. The molecule has 4 aliphatic rings. The Kier molecular flexibility index (Phi) is 8.47. The summed E-state index contributed by atoms with van der Waals surface area (Å²) in [5.74, 6) is -4.49. The number of nitrogens with one attached hydrogen (secondary N) is 3. The molecule has 3 saturated carbocycles. The lowest BCUT2D eigenvalue weighted by atomic mass is 9.90. The van der Waals surface area contributed by atoms with Gasteiger partial charge in [-0.1, -0.05) is 23.7 Å². The highest BCUT2D eigenvalue weighted by molar-refractivity contribution is 6.30. The normalized spacial score (nSPS) is 26.5. The number of nitriles is 1. The molecule has 222 valence electrons. The summed E-state index contributed by atoms with van der Waals surface area (Å²) in [5, 5.41) is 18.7. The van der Waals surface area contributed by atoms with E-state index in [1.54, 1.807) is 6.07 Å². The molecular weight excluding hydrogens is 554 g/mol. The van der Waals surface area contributed by atoms with Gasteiger partial charge in [-0.3, -0.25) is 9.59 Å². The van der Waals surface area contributed by atoms with Gasteiger partial charge in [0.1, 0.15) is 12.1 Å². The van der Waals surface area contributed by atoms with Crippen molar-refractivity contribution < 1.29 is 27.9 Å². The first-order valence-electron chi connectivity index (χ1n) is 14.6. The fraction of sp³-hybridized carbons (Fsp3) is 0.667. The van der Waals surface area contributed by atoms with E-state index in [4.69, 9.17) is 16.3 Å². The zero-order chi connectivity index (χ0) is 29.3. The van der Waals surface area contributed by atoms with E-state index in [0.717, 1.165) is 31.2 Å². The molecule has 2 unspecified atom stereocenters. The van der Waals surface area contributed by atoms with Crippen LogP contribution in [0.3, 0.4) is 0 Å². The molecule has 0 aromatic heterocycles. The number of carbonyl (C=O) groups is 3. The van der Waals surface area contributed by atoms with Crippen molar-refractivity contribution in [2.75, 3.05) is 6.61 Å². The van der Waals surface area contributed by atoms with Crippen molar-refractivity contribution in [2.24, 2.45) is 17.3 Å². The van der Waals surface area contributed by atoms with Gasteiger partial charge in [0.15, 0.2) is 0 Å². The molecule has 8 nitrogen and oxygen atoms in total. The summed E-state index contributed by atoms with van der Waals surface area (Å²) in [7, 11) is 0. The van der Waals surface area contributed by atoms with Crippen LogP contribution in [0, 0.1) is 28.6 Å². The Bertz CT molecular complexity index is 1210. The fourth-order valence-corrected chi connectivity index (χ4v) is 6.59. The zero-order valence-electron chi connectivity index (χ0n) is 23.0. The van der Waals surface area contributed by atoms with Crippen molar-refractivity contribution in [3.8, 4) is 6.07 Å². The predicted octanol–water partition coefficient (Wildman–Crippen LogP) is 5.04. The summed E-state index contributed by atoms with van der Waals surface area (Å²) in [6.45, 7) is 0.155. The van der Waals surface area contributed by atoms with E-state index >= 15 is 0 Å². The van der Waals surface area contributed by atoms with Gasteiger partial charge in [-0.25, -0.2) is 13.6 Å². The highest BCUT2D eigenvalue weighted by Crippen LogP contribution is 2.49. The minimum absolute atomic E-state index is 0.0504. The Morgan fingerprint density at radius 3 is 2.59 bits per heavy atom. The van der Waals surface area contributed by atoms with Crippen molar-refractivity contribution in [3.05, 3.63) is 34.9 Å². The minimum atomic E-state index is -2.82. The molecule has 0 radical (unpaired) electrons. The molecule has 3 amide bonds. The average Bonchev–Trinajstić information content (AvgIpc) is 3.83. The third kappa shape index (κ3) is 7.68. The smallest absolute Gasteiger partial charge is 0.407 e. The Morgan fingerprint density at radius 2 is 1.93 bits per heavy atom. The van der Waals surface area contributed by atoms with Crippen LogP contribution in [0.2, 0.25) is 5.02 Å². The average molecular weight is 591 g/mol. The molecule has 4 atom stereocenters. The summed E-state index contributed by atoms with van der Waals surface area (Å²) >= 11 is 6.11. The number of amides is 3. The van der Waals surface area contributed by atoms with Crippen LogP contribution in [-0.4, -0.2) is 48.1 Å². The van der Waals surface area contributed by atoms with Gasteiger partial charge in [-0.2, -0.15) is 5.26 Å². The largest absolute Gasteiger partial charge is 0.449 e. The number of carbonyl (C=O) groups excluding carboxylic acids is 3. The maximum absolute atomic E-state index is 14.1. The fourth-order valence-electron chi connectivity index (χ4n) is 6.37. The second-order valence-electron chi connectivity index (χ2n) is 12.6. The van der Waals surface area contributed by atoms with Gasteiger partial charge in [0.05, 0.1) is 12.7 Å². The number of alkyl halides is 2. The van der Waals surface area contributed by atoms with E-state index in [1.807, 2.05) is 18.2 Å². The number of benzene rings is 1. The standard InChI is InChI=1S/C30H37ClF2N4O4/c31-22-5-1-3-19(13-22)15-28(9-10-28)18-41-27(40)36-24(20-4-2-7-30(32,33)8-6-20)26(39)35-23(17-34)14-21-16-29(11-12-29)37-25(21)38/h1,3,5,13,20-21,23-24H,2,4,6-12,14-16,18H2,(H,35,39)(H,36,40)(H,37,38)/t20?,21?,23-,24-/m0/s1. The van der Waals surface area contributed by atoms with Crippen LogP contribution >= 0.6 is 11.6 Å². The third-order valence-electron chi connectivity index (χ3n) is 9.20. The first kappa shape index (κ1) is 29.6. The zero-order valence-corrected chi connectivity index (χ0v) is 23.8. The molecule has 1 heterocycles. The van der Waals surface area contributed by atoms with Gasteiger partial charge in [0, 0.05) is 34.7 Å². The van der Waals surface area contributed by atoms with Crippen LogP contribution in [0.25, 0.3) is 0 Å². The number of hydrogen-bond acceptors (Lipinski definition) is 5. The Labute approximate surface area is 243 Å². The summed E-state index contributed by atoms with van der Waals surface area (Å²) in [6, 6.07) is 7.50. The second-order valence-corrected chi connectivity index (χ2v) is 13.1. The maximum Gasteiger partial charge on any atom is 0.407 e. The van der Waals surface area contributed by atoms with Crippen LogP contribution in [0.15, 0.2) is 24.3 Å². The van der Waals surface area contributed by atoms with E-state index in [1.165, 1.54) is 0 Å². The van der Waals surface area contributed by atoms with Gasteiger partial charge in [-0.15, -0.1) is 0 Å². The molecule has 1 spiro atoms. The molecule has 1 aromatic rings. The summed E-state index contributed by atoms with van der Waals surface area (Å²) in [6.07, 6.45) is 4.23. The van der Waals surface area contributed by atoms with Crippen molar-refractivity contribution in [1.82, 2.24) is 16.0 Å². The molecule has 4 fully saturated rings. The third-order valence-corrected chi connectivity index (χ3v) is 9.44. The highest BCUT2D eigenvalue weighted by Gasteiger charge is 2.52. The molecule has 1 aliphatic heterocycles.